The highest BCUT2D eigenvalue weighted by Crippen LogP contribution is 2.30. The number of rotatable bonds is 6. The van der Waals surface area contributed by atoms with Crippen molar-refractivity contribution in [2.45, 2.75) is 30.6 Å². The first kappa shape index (κ1) is 19.5. The molecule has 144 valence electrons. The van der Waals surface area contributed by atoms with Gasteiger partial charge in [0.25, 0.3) is 0 Å². The maximum atomic E-state index is 12.3. The van der Waals surface area contributed by atoms with Crippen molar-refractivity contribution >= 4 is 44.4 Å². The Hall–Kier alpha value is -2.30. The summed E-state index contributed by atoms with van der Waals surface area (Å²) in [6.07, 6.45) is 3.56. The van der Waals surface area contributed by atoms with Crippen molar-refractivity contribution in [1.82, 2.24) is 4.98 Å². The average molecular weight is 409 g/mol. The van der Waals surface area contributed by atoms with Crippen LogP contribution in [0.5, 0.6) is 0 Å². The summed E-state index contributed by atoms with van der Waals surface area (Å²) in [5.74, 6) is -1.58. The fourth-order valence-corrected chi connectivity index (χ4v) is 4.80. The molecule has 3 rings (SSSR count). The molecule has 1 aromatic heterocycles. The van der Waals surface area contributed by atoms with Crippen LogP contribution in [0.4, 0.5) is 10.8 Å². The van der Waals surface area contributed by atoms with E-state index in [0.717, 1.165) is 0 Å². The summed E-state index contributed by atoms with van der Waals surface area (Å²) in [5, 5.41) is 13.7. The normalized spacial score (nSPS) is 21.8. The number of benzene rings is 1. The number of nitrogens with one attached hydrogen (secondary N) is 2. The summed E-state index contributed by atoms with van der Waals surface area (Å²) in [6.45, 7) is 0. The maximum Gasteiger partial charge on any atom is 0.306 e. The lowest BCUT2D eigenvalue weighted by Gasteiger charge is -2.25. The average Bonchev–Trinajstić information content (AvgIpc) is 3.14. The number of amides is 1. The van der Waals surface area contributed by atoms with E-state index >= 15 is 0 Å². The summed E-state index contributed by atoms with van der Waals surface area (Å²) in [5.41, 5.74) is 0.494. The molecule has 0 bridgehead atoms. The van der Waals surface area contributed by atoms with Crippen molar-refractivity contribution in [3.63, 3.8) is 0 Å². The molecule has 1 aromatic carbocycles. The molecule has 1 heterocycles. The Morgan fingerprint density at radius 2 is 1.78 bits per heavy atom. The standard InChI is InChI=1S/C17H19N3O5S2/c21-15(11-1-3-12(4-2-11)16(22)23)19-13-5-7-14(8-6-13)27(24,25)20-17-18-9-10-26-17/h5-12H,1-4H2,(H3-,18,19,20,21,22,23,24,25). The number of thiazole rings is 1. The van der Waals surface area contributed by atoms with E-state index in [-0.39, 0.29) is 27.8 Å². The Morgan fingerprint density at radius 3 is 2.33 bits per heavy atom. The Morgan fingerprint density at radius 1 is 1.15 bits per heavy atom. The lowest BCUT2D eigenvalue weighted by atomic mass is 9.81. The van der Waals surface area contributed by atoms with Crippen LogP contribution < -0.4 is 10.0 Å². The molecular formula is C17H19N3O5S2. The topological polar surface area (TPSA) is 131 Å². The first-order valence-electron chi connectivity index (χ1n) is 8.41. The first-order valence-corrected chi connectivity index (χ1v) is 10.8. The quantitative estimate of drug-likeness (QED) is 0.629. The molecule has 3 N–H and O–H groups in total. The van der Waals surface area contributed by atoms with E-state index in [1.807, 2.05) is 0 Å². The zero-order chi connectivity index (χ0) is 19.4. The molecule has 1 saturated carbocycles. The van der Waals surface area contributed by atoms with Gasteiger partial charge in [0.05, 0.1) is 5.92 Å². The van der Waals surface area contributed by atoms with Gasteiger partial charge in [-0.1, -0.05) is 4.21 Å². The van der Waals surface area contributed by atoms with Gasteiger partial charge in [-0.3, -0.25) is 9.59 Å². The Labute approximate surface area is 161 Å². The minimum absolute atomic E-state index is 0.0673. The number of carbonyl (C=O) groups excluding carboxylic acids is 1. The number of sulfonamides is 1. The molecule has 1 aliphatic rings. The second-order valence-electron chi connectivity index (χ2n) is 6.34. The summed E-state index contributed by atoms with van der Waals surface area (Å²) < 4.78 is 27.0. The van der Waals surface area contributed by atoms with Crippen molar-refractivity contribution in [1.29, 1.82) is 0 Å². The molecular weight excluding hydrogens is 390 g/mol. The van der Waals surface area contributed by atoms with E-state index in [2.05, 4.69) is 15.0 Å². The number of carboxylic acids is 1. The molecule has 2 aromatic rings. The number of aromatic nitrogens is 1. The van der Waals surface area contributed by atoms with Crippen LogP contribution in [-0.4, -0.2) is 26.5 Å². The number of hydrogen-bond acceptors (Lipinski definition) is 6. The van der Waals surface area contributed by atoms with Gasteiger partial charge in [0.15, 0.2) is 15.3 Å². The number of carboxylic acid groups (broad SMARTS) is 1. The van der Waals surface area contributed by atoms with Crippen LogP contribution in [0.15, 0.2) is 40.7 Å². The summed E-state index contributed by atoms with van der Waals surface area (Å²) in [7, 11) is -3.73. The summed E-state index contributed by atoms with van der Waals surface area (Å²) in [6, 6.07) is 5.87. The van der Waals surface area contributed by atoms with Crippen LogP contribution in [-0.2, 0) is 24.2 Å². The molecule has 10 heteroatoms. The van der Waals surface area contributed by atoms with Crippen molar-refractivity contribution in [3.05, 3.63) is 35.8 Å². The SMILES string of the molecule is O=C(O)C1CCC(C(=O)Nc2ccc([S+](=O)([O-])Nc3nccs3)cc2)CC1. The van der Waals surface area contributed by atoms with E-state index < -0.39 is 16.4 Å². The monoisotopic (exact) mass is 409 g/mol. The van der Waals surface area contributed by atoms with Gasteiger partial charge in [-0.05, 0) is 49.9 Å². The molecule has 1 aliphatic carbocycles. The molecule has 0 saturated heterocycles. The van der Waals surface area contributed by atoms with Crippen LogP contribution in [0.3, 0.4) is 0 Å². The lowest BCUT2D eigenvalue weighted by Crippen LogP contribution is -2.29. The third-order valence-electron chi connectivity index (χ3n) is 4.53. The van der Waals surface area contributed by atoms with Gasteiger partial charge in [-0.15, -0.1) is 11.3 Å². The van der Waals surface area contributed by atoms with E-state index in [1.165, 1.54) is 41.8 Å². The van der Waals surface area contributed by atoms with E-state index in [9.17, 15) is 18.4 Å². The van der Waals surface area contributed by atoms with Gasteiger partial charge >= 0.3 is 5.97 Å². The molecule has 0 spiro atoms. The van der Waals surface area contributed by atoms with E-state index in [4.69, 9.17) is 5.11 Å². The predicted octanol–water partition coefficient (Wildman–Crippen LogP) is 2.99. The van der Waals surface area contributed by atoms with Crippen molar-refractivity contribution in [2.75, 3.05) is 10.0 Å². The predicted molar refractivity (Wildman–Crippen MR) is 101 cm³/mol. The van der Waals surface area contributed by atoms with Gasteiger partial charge in [0.1, 0.15) is 0 Å². The zero-order valence-corrected chi connectivity index (χ0v) is 15.9. The third-order valence-corrected chi connectivity index (χ3v) is 6.71. The number of aliphatic carboxylic acids is 1. The molecule has 27 heavy (non-hydrogen) atoms. The molecule has 1 atom stereocenters. The van der Waals surface area contributed by atoms with Gasteiger partial charge in [0.2, 0.25) is 11.0 Å². The van der Waals surface area contributed by atoms with Crippen LogP contribution in [0.2, 0.25) is 0 Å². The van der Waals surface area contributed by atoms with Crippen LogP contribution in [0, 0.1) is 11.8 Å². The second kappa shape index (κ2) is 8.15. The van der Waals surface area contributed by atoms with Crippen LogP contribution in [0.1, 0.15) is 25.7 Å². The van der Waals surface area contributed by atoms with E-state index in [1.54, 1.807) is 5.38 Å². The summed E-state index contributed by atoms with van der Waals surface area (Å²) in [4.78, 5) is 27.3. The molecule has 0 aliphatic heterocycles. The highest BCUT2D eigenvalue weighted by molar-refractivity contribution is 7.99. The van der Waals surface area contributed by atoms with Gasteiger partial charge < -0.3 is 15.0 Å². The largest absolute Gasteiger partial charge is 0.588 e. The molecule has 1 fully saturated rings. The fraction of sp³-hybridized carbons (Fsp3) is 0.353. The number of hydrogen-bond donors (Lipinski definition) is 3. The number of anilines is 2. The Balaban J connectivity index is 1.58. The van der Waals surface area contributed by atoms with Crippen molar-refractivity contribution in [2.24, 2.45) is 11.8 Å². The zero-order valence-electron chi connectivity index (χ0n) is 14.3. The summed E-state index contributed by atoms with van der Waals surface area (Å²) >= 11 is 1.18. The molecule has 0 radical (unpaired) electrons. The second-order valence-corrected chi connectivity index (χ2v) is 8.92. The van der Waals surface area contributed by atoms with Crippen LogP contribution in [0.25, 0.3) is 0 Å². The molecule has 1 unspecified atom stereocenters. The van der Waals surface area contributed by atoms with Gasteiger partial charge in [0, 0.05) is 23.2 Å². The minimum atomic E-state index is -3.73. The van der Waals surface area contributed by atoms with E-state index in [0.29, 0.717) is 31.4 Å². The van der Waals surface area contributed by atoms with Crippen molar-refractivity contribution < 1.29 is 23.5 Å². The van der Waals surface area contributed by atoms with Gasteiger partial charge in [-0.25, -0.2) is 4.98 Å². The van der Waals surface area contributed by atoms with Gasteiger partial charge in [-0.2, -0.15) is 4.72 Å². The smallest absolute Gasteiger partial charge is 0.306 e. The van der Waals surface area contributed by atoms with Crippen LogP contribution >= 0.6 is 11.3 Å². The highest BCUT2D eigenvalue weighted by atomic mass is 32.3. The first-order chi connectivity index (χ1) is 12.8. The third kappa shape index (κ3) is 4.90. The lowest BCUT2D eigenvalue weighted by molar-refractivity contribution is -0.143. The molecule has 1 amide bonds. The minimum Gasteiger partial charge on any atom is -0.588 e. The number of nitrogens with zero attached hydrogens (tertiary/aromatic N) is 1. The number of carbonyl (C=O) groups is 2. The fourth-order valence-electron chi connectivity index (χ4n) is 3.01. The molecule has 8 nitrogen and oxygen atoms in total. The Bertz CT molecular complexity index is 846. The Kier molecular flexibility index (Phi) is 5.88. The highest BCUT2D eigenvalue weighted by Gasteiger charge is 2.30. The maximum absolute atomic E-state index is 12.3. The van der Waals surface area contributed by atoms with Crippen molar-refractivity contribution in [3.8, 4) is 0 Å².